The fourth-order valence-corrected chi connectivity index (χ4v) is 1.42. The summed E-state index contributed by atoms with van der Waals surface area (Å²) in [6.07, 6.45) is 0. The van der Waals surface area contributed by atoms with Gasteiger partial charge >= 0.3 is 0 Å². The molecule has 0 fully saturated rings. The van der Waals surface area contributed by atoms with Crippen LogP contribution >= 0.6 is 0 Å². The number of phenols is 1. The highest BCUT2D eigenvalue weighted by Gasteiger charge is 1.99. The van der Waals surface area contributed by atoms with E-state index >= 15 is 0 Å². The molecular weight excluding hydrogens is 172 g/mol. The minimum absolute atomic E-state index is 0.369. The molecule has 0 saturated carbocycles. The highest BCUT2D eigenvalue weighted by molar-refractivity contribution is 5.87. The highest BCUT2D eigenvalue weighted by atomic mass is 16.3. The lowest BCUT2D eigenvalue weighted by atomic mass is 10.1. The number of hydrogen-bond donors (Lipinski definition) is 1. The predicted molar refractivity (Wildman–Crippen MR) is 61.7 cm³/mol. The van der Waals surface area contributed by atoms with Crippen LogP contribution < -0.4 is 0 Å². The second-order valence-corrected chi connectivity index (χ2v) is 2.93. The van der Waals surface area contributed by atoms with Gasteiger partial charge in [-0.1, -0.05) is 44.2 Å². The van der Waals surface area contributed by atoms with Gasteiger partial charge in [-0.3, -0.25) is 0 Å². The van der Waals surface area contributed by atoms with Crippen LogP contribution in [0.4, 0.5) is 0 Å². The summed E-state index contributed by atoms with van der Waals surface area (Å²) >= 11 is 0. The monoisotopic (exact) mass is 188 g/mol. The van der Waals surface area contributed by atoms with Crippen molar-refractivity contribution in [3.8, 4) is 5.75 Å². The summed E-state index contributed by atoms with van der Waals surface area (Å²) in [6.45, 7) is 5.93. The molecule has 2 aromatic carbocycles. The molecule has 0 heterocycles. The largest absolute Gasteiger partial charge is 0.508 e. The van der Waals surface area contributed by atoms with Crippen LogP contribution in [-0.2, 0) is 0 Å². The Kier molecular flexibility index (Phi) is 3.52. The summed E-state index contributed by atoms with van der Waals surface area (Å²) in [5, 5.41) is 11.7. The second-order valence-electron chi connectivity index (χ2n) is 2.93. The molecule has 0 radical (unpaired) electrons. The molecule has 0 bridgehead atoms. The number of rotatable bonds is 0. The van der Waals surface area contributed by atoms with E-state index in [4.69, 9.17) is 0 Å². The third-order valence-corrected chi connectivity index (χ3v) is 2.17. The van der Waals surface area contributed by atoms with Crippen LogP contribution in [0.2, 0.25) is 0 Å². The molecule has 0 aliphatic rings. The van der Waals surface area contributed by atoms with Crippen molar-refractivity contribution in [2.75, 3.05) is 0 Å². The molecule has 0 amide bonds. The van der Waals surface area contributed by atoms with Gasteiger partial charge in [-0.05, 0) is 29.3 Å². The first-order chi connectivity index (χ1) is 6.79. The average Bonchev–Trinajstić information content (AvgIpc) is 2.27. The standard InChI is InChI=1S/C11H10O.C2H6/c1-8-10-5-3-2-4-9(10)6-7-11(8)12;1-2/h2-7,12H,1H3;1-2H3. The first-order valence-corrected chi connectivity index (χ1v) is 4.96. The maximum absolute atomic E-state index is 9.42. The van der Waals surface area contributed by atoms with Crippen LogP contribution in [0.3, 0.4) is 0 Å². The molecule has 2 rings (SSSR count). The Morgan fingerprint density at radius 1 is 0.929 bits per heavy atom. The minimum atomic E-state index is 0.369. The molecular formula is C13H16O. The quantitative estimate of drug-likeness (QED) is 0.665. The van der Waals surface area contributed by atoms with E-state index in [0.717, 1.165) is 10.9 Å². The van der Waals surface area contributed by atoms with Crippen LogP contribution in [0.1, 0.15) is 19.4 Å². The van der Waals surface area contributed by atoms with Gasteiger partial charge in [0.05, 0.1) is 0 Å². The molecule has 0 aromatic heterocycles. The fourth-order valence-electron chi connectivity index (χ4n) is 1.42. The number of benzene rings is 2. The van der Waals surface area contributed by atoms with E-state index in [1.165, 1.54) is 5.39 Å². The van der Waals surface area contributed by atoms with Crippen molar-refractivity contribution in [1.29, 1.82) is 0 Å². The SMILES string of the molecule is CC.Cc1c(O)ccc2ccccc12. The van der Waals surface area contributed by atoms with Crippen molar-refractivity contribution in [3.63, 3.8) is 0 Å². The van der Waals surface area contributed by atoms with Crippen molar-refractivity contribution in [2.45, 2.75) is 20.8 Å². The first kappa shape index (κ1) is 10.6. The molecule has 0 saturated heterocycles. The van der Waals surface area contributed by atoms with Crippen molar-refractivity contribution >= 4 is 10.8 Å². The van der Waals surface area contributed by atoms with Gasteiger partial charge in [0.2, 0.25) is 0 Å². The maximum Gasteiger partial charge on any atom is 0.119 e. The average molecular weight is 188 g/mol. The van der Waals surface area contributed by atoms with E-state index in [-0.39, 0.29) is 0 Å². The topological polar surface area (TPSA) is 20.2 Å². The molecule has 74 valence electrons. The summed E-state index contributed by atoms with van der Waals surface area (Å²) in [5.74, 6) is 0.369. The Bertz CT molecular complexity index is 419. The van der Waals surface area contributed by atoms with Gasteiger partial charge in [0.15, 0.2) is 0 Å². The van der Waals surface area contributed by atoms with E-state index in [0.29, 0.717) is 5.75 Å². The molecule has 0 unspecified atom stereocenters. The van der Waals surface area contributed by atoms with Gasteiger partial charge in [-0.25, -0.2) is 0 Å². The van der Waals surface area contributed by atoms with Crippen LogP contribution in [0.25, 0.3) is 10.8 Å². The molecule has 0 atom stereocenters. The van der Waals surface area contributed by atoms with Gasteiger partial charge in [-0.2, -0.15) is 0 Å². The van der Waals surface area contributed by atoms with Gasteiger partial charge in [0, 0.05) is 0 Å². The van der Waals surface area contributed by atoms with E-state index in [1.807, 2.05) is 51.1 Å². The van der Waals surface area contributed by atoms with Crippen LogP contribution in [-0.4, -0.2) is 5.11 Å². The van der Waals surface area contributed by atoms with Crippen molar-refractivity contribution < 1.29 is 5.11 Å². The molecule has 1 nitrogen and oxygen atoms in total. The first-order valence-electron chi connectivity index (χ1n) is 4.96. The highest BCUT2D eigenvalue weighted by Crippen LogP contribution is 2.25. The lowest BCUT2D eigenvalue weighted by Crippen LogP contribution is -1.78. The van der Waals surface area contributed by atoms with Crippen LogP contribution in [0.15, 0.2) is 36.4 Å². The number of hydrogen-bond acceptors (Lipinski definition) is 1. The lowest BCUT2D eigenvalue weighted by Gasteiger charge is -2.02. The summed E-state index contributed by atoms with van der Waals surface area (Å²) in [5.41, 5.74) is 0.952. The molecule has 0 aliphatic heterocycles. The third-order valence-electron chi connectivity index (χ3n) is 2.17. The summed E-state index contributed by atoms with van der Waals surface area (Å²) in [4.78, 5) is 0. The Balaban J connectivity index is 0.000000461. The Labute approximate surface area is 85.0 Å². The van der Waals surface area contributed by atoms with Crippen molar-refractivity contribution in [1.82, 2.24) is 0 Å². The lowest BCUT2D eigenvalue weighted by molar-refractivity contribution is 0.472. The molecule has 0 spiro atoms. The molecule has 14 heavy (non-hydrogen) atoms. The number of phenolic OH excluding ortho intramolecular Hbond substituents is 1. The molecule has 0 aliphatic carbocycles. The molecule has 2 aromatic rings. The van der Waals surface area contributed by atoms with Gasteiger partial charge in [0.1, 0.15) is 5.75 Å². The smallest absolute Gasteiger partial charge is 0.119 e. The fraction of sp³-hybridized carbons (Fsp3) is 0.231. The zero-order valence-corrected chi connectivity index (χ0v) is 8.91. The zero-order valence-electron chi connectivity index (χ0n) is 8.91. The molecule has 1 N–H and O–H groups in total. The minimum Gasteiger partial charge on any atom is -0.508 e. The van der Waals surface area contributed by atoms with Crippen LogP contribution in [0, 0.1) is 6.92 Å². The Hall–Kier alpha value is -1.50. The summed E-state index contributed by atoms with van der Waals surface area (Å²) < 4.78 is 0. The van der Waals surface area contributed by atoms with Crippen LogP contribution in [0.5, 0.6) is 5.75 Å². The Morgan fingerprint density at radius 2 is 1.57 bits per heavy atom. The normalized spacial score (nSPS) is 9.36. The number of aryl methyl sites for hydroxylation is 1. The Morgan fingerprint density at radius 3 is 2.29 bits per heavy atom. The van der Waals surface area contributed by atoms with E-state index in [1.54, 1.807) is 6.07 Å². The predicted octanol–water partition coefficient (Wildman–Crippen LogP) is 3.88. The van der Waals surface area contributed by atoms with Crippen molar-refractivity contribution in [3.05, 3.63) is 42.0 Å². The maximum atomic E-state index is 9.42. The number of fused-ring (bicyclic) bond motifs is 1. The van der Waals surface area contributed by atoms with Gasteiger partial charge < -0.3 is 5.11 Å². The van der Waals surface area contributed by atoms with Crippen molar-refractivity contribution in [2.24, 2.45) is 0 Å². The summed E-state index contributed by atoms with van der Waals surface area (Å²) in [6, 6.07) is 11.7. The van der Waals surface area contributed by atoms with E-state index in [9.17, 15) is 5.11 Å². The summed E-state index contributed by atoms with van der Waals surface area (Å²) in [7, 11) is 0. The van der Waals surface area contributed by atoms with E-state index < -0.39 is 0 Å². The zero-order chi connectivity index (χ0) is 10.6. The second kappa shape index (κ2) is 4.66. The van der Waals surface area contributed by atoms with Gasteiger partial charge in [-0.15, -0.1) is 0 Å². The molecule has 1 heteroatoms. The third kappa shape index (κ3) is 1.87. The van der Waals surface area contributed by atoms with E-state index in [2.05, 4.69) is 0 Å². The number of aromatic hydroxyl groups is 1. The van der Waals surface area contributed by atoms with Gasteiger partial charge in [0.25, 0.3) is 0 Å².